The molecular weight excluding hydrogens is 264 g/mol. The molecule has 21 heavy (non-hydrogen) atoms. The summed E-state index contributed by atoms with van der Waals surface area (Å²) in [4.78, 5) is 4.27. The second kappa shape index (κ2) is 6.37. The van der Waals surface area contributed by atoms with Gasteiger partial charge in [-0.2, -0.15) is 5.10 Å². The molecule has 5 heteroatoms. The van der Waals surface area contributed by atoms with Crippen molar-refractivity contribution in [1.29, 1.82) is 0 Å². The molecule has 0 fully saturated rings. The van der Waals surface area contributed by atoms with Crippen LogP contribution in [0.15, 0.2) is 49.1 Å². The lowest BCUT2D eigenvalue weighted by Gasteiger charge is -2.08. The quantitative estimate of drug-likeness (QED) is 0.755. The van der Waals surface area contributed by atoms with Crippen molar-refractivity contribution in [3.05, 3.63) is 54.6 Å². The van der Waals surface area contributed by atoms with Gasteiger partial charge in [-0.15, -0.1) is 0 Å². The Hall–Kier alpha value is -2.40. The van der Waals surface area contributed by atoms with Gasteiger partial charge in [0.25, 0.3) is 0 Å². The van der Waals surface area contributed by atoms with E-state index in [9.17, 15) is 0 Å². The monoisotopic (exact) mass is 282 g/mol. The Bertz CT molecular complexity index is 718. The highest BCUT2D eigenvalue weighted by atomic mass is 16.5. The number of nitrogens with zero attached hydrogens (tertiary/aromatic N) is 3. The van der Waals surface area contributed by atoms with Crippen LogP contribution in [0.2, 0.25) is 0 Å². The molecule has 0 bridgehead atoms. The predicted molar refractivity (Wildman–Crippen MR) is 83.2 cm³/mol. The highest BCUT2D eigenvalue weighted by molar-refractivity contribution is 5.92. The average molecular weight is 282 g/mol. The van der Waals surface area contributed by atoms with E-state index in [4.69, 9.17) is 4.74 Å². The van der Waals surface area contributed by atoms with Gasteiger partial charge in [0.1, 0.15) is 0 Å². The van der Waals surface area contributed by atoms with E-state index >= 15 is 0 Å². The number of rotatable bonds is 6. The zero-order valence-corrected chi connectivity index (χ0v) is 12.0. The maximum Gasteiger partial charge on any atom is 0.0658 e. The molecule has 0 radical (unpaired) electrons. The van der Waals surface area contributed by atoms with Gasteiger partial charge in [-0.25, -0.2) is 0 Å². The van der Waals surface area contributed by atoms with E-state index < -0.39 is 0 Å². The van der Waals surface area contributed by atoms with Gasteiger partial charge in [-0.3, -0.25) is 9.67 Å². The van der Waals surface area contributed by atoms with Gasteiger partial charge >= 0.3 is 0 Å². The average Bonchev–Trinajstić information content (AvgIpc) is 2.99. The van der Waals surface area contributed by atoms with Crippen LogP contribution in [0.1, 0.15) is 5.56 Å². The van der Waals surface area contributed by atoms with Gasteiger partial charge in [-0.1, -0.05) is 24.3 Å². The third-order valence-corrected chi connectivity index (χ3v) is 3.36. The standard InChI is InChI=1S/C16H18N4O/c1-21-7-6-20-12-13(9-19-20)8-18-16-11-17-10-14-4-2-3-5-15(14)16/h2-5,9-12,18H,6-8H2,1H3. The number of methoxy groups -OCH3 is 1. The fraction of sp³-hybridized carbons (Fsp3) is 0.250. The number of anilines is 1. The molecular formula is C16H18N4O. The minimum atomic E-state index is 0.668. The van der Waals surface area contributed by atoms with Gasteiger partial charge in [0, 0.05) is 42.4 Å². The van der Waals surface area contributed by atoms with E-state index in [1.807, 2.05) is 41.6 Å². The number of ether oxygens (including phenoxy) is 1. The number of benzene rings is 1. The Morgan fingerprint density at radius 1 is 1.19 bits per heavy atom. The summed E-state index contributed by atoms with van der Waals surface area (Å²) in [6, 6.07) is 8.22. The second-order valence-electron chi connectivity index (χ2n) is 4.87. The van der Waals surface area contributed by atoms with Crippen LogP contribution in [0.3, 0.4) is 0 Å². The first-order chi connectivity index (χ1) is 10.4. The molecule has 0 atom stereocenters. The van der Waals surface area contributed by atoms with E-state index in [1.165, 1.54) is 5.39 Å². The van der Waals surface area contributed by atoms with E-state index in [0.29, 0.717) is 6.61 Å². The molecule has 3 aromatic rings. The van der Waals surface area contributed by atoms with E-state index in [2.05, 4.69) is 27.5 Å². The highest BCUT2D eigenvalue weighted by Gasteiger charge is 2.02. The molecule has 2 heterocycles. The minimum absolute atomic E-state index is 0.668. The summed E-state index contributed by atoms with van der Waals surface area (Å²) in [5.41, 5.74) is 2.18. The Morgan fingerprint density at radius 2 is 2.10 bits per heavy atom. The zero-order valence-electron chi connectivity index (χ0n) is 12.0. The van der Waals surface area contributed by atoms with Crippen molar-refractivity contribution in [2.45, 2.75) is 13.1 Å². The molecule has 108 valence electrons. The van der Waals surface area contributed by atoms with E-state index in [1.54, 1.807) is 7.11 Å². The third kappa shape index (κ3) is 3.20. The molecule has 2 aromatic heterocycles. The van der Waals surface area contributed by atoms with Crippen LogP contribution in [-0.2, 0) is 17.8 Å². The van der Waals surface area contributed by atoms with Gasteiger partial charge < -0.3 is 10.1 Å². The SMILES string of the molecule is COCCn1cc(CNc2cncc3ccccc23)cn1. The molecule has 0 unspecified atom stereocenters. The van der Waals surface area contributed by atoms with Crippen molar-refractivity contribution in [3.63, 3.8) is 0 Å². The summed E-state index contributed by atoms with van der Waals surface area (Å²) < 4.78 is 6.94. The molecule has 1 aromatic carbocycles. The molecule has 5 nitrogen and oxygen atoms in total. The van der Waals surface area contributed by atoms with Crippen LogP contribution < -0.4 is 5.32 Å². The summed E-state index contributed by atoms with van der Waals surface area (Å²) >= 11 is 0. The Labute approximate surface area is 123 Å². The molecule has 0 aliphatic rings. The topological polar surface area (TPSA) is 52.0 Å². The van der Waals surface area contributed by atoms with Crippen LogP contribution in [0, 0.1) is 0 Å². The number of fused-ring (bicyclic) bond motifs is 1. The molecule has 0 aliphatic carbocycles. The first-order valence-electron chi connectivity index (χ1n) is 6.94. The van der Waals surface area contributed by atoms with Crippen molar-refractivity contribution in [2.75, 3.05) is 19.0 Å². The van der Waals surface area contributed by atoms with Crippen molar-refractivity contribution >= 4 is 16.5 Å². The Balaban J connectivity index is 1.70. The number of pyridine rings is 1. The fourth-order valence-electron chi connectivity index (χ4n) is 2.26. The first kappa shape index (κ1) is 13.6. The number of aromatic nitrogens is 3. The summed E-state index contributed by atoms with van der Waals surface area (Å²) in [6.45, 7) is 2.16. The van der Waals surface area contributed by atoms with Crippen molar-refractivity contribution < 1.29 is 4.74 Å². The Morgan fingerprint density at radius 3 is 3.00 bits per heavy atom. The maximum atomic E-state index is 5.05. The first-order valence-corrected chi connectivity index (χ1v) is 6.94. The summed E-state index contributed by atoms with van der Waals surface area (Å²) in [5, 5.41) is 10.1. The number of nitrogens with one attached hydrogen (secondary N) is 1. The zero-order chi connectivity index (χ0) is 14.5. The maximum absolute atomic E-state index is 5.05. The lowest BCUT2D eigenvalue weighted by Crippen LogP contribution is -2.04. The van der Waals surface area contributed by atoms with Gasteiger partial charge in [-0.05, 0) is 0 Å². The van der Waals surface area contributed by atoms with Crippen LogP contribution in [0.4, 0.5) is 5.69 Å². The molecule has 3 rings (SSSR count). The van der Waals surface area contributed by atoms with Crippen molar-refractivity contribution in [1.82, 2.24) is 14.8 Å². The molecule has 0 saturated carbocycles. The van der Waals surface area contributed by atoms with Gasteiger partial charge in [0.15, 0.2) is 0 Å². The van der Waals surface area contributed by atoms with Gasteiger partial charge in [0.05, 0.1) is 31.2 Å². The van der Waals surface area contributed by atoms with E-state index in [-0.39, 0.29) is 0 Å². The lowest BCUT2D eigenvalue weighted by molar-refractivity contribution is 0.183. The molecule has 0 spiro atoms. The lowest BCUT2D eigenvalue weighted by atomic mass is 10.1. The van der Waals surface area contributed by atoms with Gasteiger partial charge in [0.2, 0.25) is 0 Å². The van der Waals surface area contributed by atoms with E-state index in [0.717, 1.165) is 29.7 Å². The Kier molecular flexibility index (Phi) is 4.12. The highest BCUT2D eigenvalue weighted by Crippen LogP contribution is 2.21. The van der Waals surface area contributed by atoms with Crippen LogP contribution in [0.5, 0.6) is 0 Å². The molecule has 0 amide bonds. The minimum Gasteiger partial charge on any atom is -0.383 e. The largest absolute Gasteiger partial charge is 0.383 e. The number of hydrogen-bond acceptors (Lipinski definition) is 4. The smallest absolute Gasteiger partial charge is 0.0658 e. The van der Waals surface area contributed by atoms with Crippen LogP contribution in [-0.4, -0.2) is 28.5 Å². The molecule has 0 saturated heterocycles. The molecule has 0 aliphatic heterocycles. The van der Waals surface area contributed by atoms with Crippen LogP contribution in [0.25, 0.3) is 10.8 Å². The summed E-state index contributed by atoms with van der Waals surface area (Å²) in [7, 11) is 1.69. The third-order valence-electron chi connectivity index (χ3n) is 3.36. The fourth-order valence-corrected chi connectivity index (χ4v) is 2.26. The summed E-state index contributed by atoms with van der Waals surface area (Å²) in [6.07, 6.45) is 7.65. The number of hydrogen-bond donors (Lipinski definition) is 1. The van der Waals surface area contributed by atoms with Crippen molar-refractivity contribution in [3.8, 4) is 0 Å². The summed E-state index contributed by atoms with van der Waals surface area (Å²) in [5.74, 6) is 0. The van der Waals surface area contributed by atoms with Crippen LogP contribution >= 0.6 is 0 Å². The predicted octanol–water partition coefficient (Wildman–Crippen LogP) is 2.69. The normalized spacial score (nSPS) is 10.9. The van der Waals surface area contributed by atoms with Crippen molar-refractivity contribution in [2.24, 2.45) is 0 Å². The second-order valence-corrected chi connectivity index (χ2v) is 4.87. The molecule has 1 N–H and O–H groups in total.